The van der Waals surface area contributed by atoms with Crippen molar-refractivity contribution in [1.82, 2.24) is 4.98 Å². The Hall–Kier alpha value is -1.29. The van der Waals surface area contributed by atoms with Crippen molar-refractivity contribution < 1.29 is 4.74 Å². The number of thiazole rings is 1. The molecule has 92 valence electrons. The highest BCUT2D eigenvalue weighted by Gasteiger charge is 2.06. The van der Waals surface area contributed by atoms with Crippen LogP contribution in [0.15, 0.2) is 18.2 Å². The van der Waals surface area contributed by atoms with E-state index in [-0.39, 0.29) is 0 Å². The first kappa shape index (κ1) is 12.2. The standard InChI is InChI=1S/C13H18N2OS/c1-4-9(3)14-13-15-11-7-6-10(16-5-2)8-12(11)17-13/h6-9H,4-5H2,1-3H3,(H,14,15). The number of anilines is 1. The Morgan fingerprint density at radius 3 is 2.94 bits per heavy atom. The molecule has 1 unspecified atom stereocenters. The van der Waals surface area contributed by atoms with E-state index in [4.69, 9.17) is 4.74 Å². The van der Waals surface area contributed by atoms with Crippen LogP contribution in [-0.4, -0.2) is 17.6 Å². The number of hydrogen-bond donors (Lipinski definition) is 1. The summed E-state index contributed by atoms with van der Waals surface area (Å²) >= 11 is 1.68. The van der Waals surface area contributed by atoms with Gasteiger partial charge in [0.25, 0.3) is 0 Å². The fourth-order valence-corrected chi connectivity index (χ4v) is 2.54. The summed E-state index contributed by atoms with van der Waals surface area (Å²) in [5, 5.41) is 4.39. The van der Waals surface area contributed by atoms with E-state index in [1.54, 1.807) is 11.3 Å². The van der Waals surface area contributed by atoms with Gasteiger partial charge < -0.3 is 10.1 Å². The van der Waals surface area contributed by atoms with Crippen molar-refractivity contribution in [2.24, 2.45) is 0 Å². The van der Waals surface area contributed by atoms with Gasteiger partial charge in [-0.05, 0) is 38.5 Å². The fourth-order valence-electron chi connectivity index (χ4n) is 1.54. The fraction of sp³-hybridized carbons (Fsp3) is 0.462. The van der Waals surface area contributed by atoms with Gasteiger partial charge in [-0.2, -0.15) is 0 Å². The zero-order chi connectivity index (χ0) is 12.3. The second-order valence-electron chi connectivity index (χ2n) is 4.04. The van der Waals surface area contributed by atoms with Crippen LogP contribution in [0.1, 0.15) is 27.2 Å². The summed E-state index contributed by atoms with van der Waals surface area (Å²) in [6.07, 6.45) is 1.10. The van der Waals surface area contributed by atoms with E-state index >= 15 is 0 Å². The van der Waals surface area contributed by atoms with Gasteiger partial charge in [-0.1, -0.05) is 18.3 Å². The SMILES string of the molecule is CCOc1ccc2nc(NC(C)CC)sc2c1. The zero-order valence-corrected chi connectivity index (χ0v) is 11.3. The van der Waals surface area contributed by atoms with E-state index in [1.807, 2.05) is 19.1 Å². The number of fused-ring (bicyclic) bond motifs is 1. The van der Waals surface area contributed by atoms with Crippen LogP contribution in [0.5, 0.6) is 5.75 Å². The second kappa shape index (κ2) is 5.36. The van der Waals surface area contributed by atoms with Gasteiger partial charge in [0.15, 0.2) is 5.13 Å². The Balaban J connectivity index is 2.24. The van der Waals surface area contributed by atoms with Crippen LogP contribution in [0, 0.1) is 0 Å². The number of benzene rings is 1. The molecule has 1 heterocycles. The number of nitrogens with zero attached hydrogens (tertiary/aromatic N) is 1. The maximum Gasteiger partial charge on any atom is 0.184 e. The maximum absolute atomic E-state index is 5.48. The van der Waals surface area contributed by atoms with Gasteiger partial charge in [0.05, 0.1) is 16.8 Å². The van der Waals surface area contributed by atoms with Crippen molar-refractivity contribution in [1.29, 1.82) is 0 Å². The molecule has 0 amide bonds. The van der Waals surface area contributed by atoms with Crippen molar-refractivity contribution in [2.75, 3.05) is 11.9 Å². The lowest BCUT2D eigenvalue weighted by Crippen LogP contribution is -2.12. The first-order valence-electron chi connectivity index (χ1n) is 6.02. The summed E-state index contributed by atoms with van der Waals surface area (Å²) in [5.41, 5.74) is 1.03. The maximum atomic E-state index is 5.48. The van der Waals surface area contributed by atoms with Gasteiger partial charge in [0.1, 0.15) is 5.75 Å². The molecule has 0 radical (unpaired) electrons. The molecule has 0 aliphatic rings. The number of rotatable bonds is 5. The van der Waals surface area contributed by atoms with Crippen LogP contribution in [0.4, 0.5) is 5.13 Å². The van der Waals surface area contributed by atoms with Gasteiger partial charge in [0.2, 0.25) is 0 Å². The molecular weight excluding hydrogens is 232 g/mol. The second-order valence-corrected chi connectivity index (χ2v) is 5.07. The Kier molecular flexibility index (Phi) is 3.84. The third-order valence-electron chi connectivity index (χ3n) is 2.65. The van der Waals surface area contributed by atoms with Crippen LogP contribution in [0.2, 0.25) is 0 Å². The Morgan fingerprint density at radius 2 is 2.24 bits per heavy atom. The zero-order valence-electron chi connectivity index (χ0n) is 10.5. The van der Waals surface area contributed by atoms with Crippen molar-refractivity contribution >= 4 is 26.7 Å². The number of hydrogen-bond acceptors (Lipinski definition) is 4. The van der Waals surface area contributed by atoms with Crippen LogP contribution >= 0.6 is 11.3 Å². The Labute approximate surface area is 106 Å². The molecule has 0 saturated carbocycles. The van der Waals surface area contributed by atoms with Gasteiger partial charge in [0, 0.05) is 6.04 Å². The molecule has 0 aliphatic heterocycles. The first-order chi connectivity index (χ1) is 8.22. The molecule has 17 heavy (non-hydrogen) atoms. The molecular formula is C13H18N2OS. The third kappa shape index (κ3) is 2.88. The third-order valence-corrected chi connectivity index (χ3v) is 3.60. The molecule has 3 nitrogen and oxygen atoms in total. The number of ether oxygens (including phenoxy) is 1. The van der Waals surface area contributed by atoms with Crippen LogP contribution in [-0.2, 0) is 0 Å². The lowest BCUT2D eigenvalue weighted by molar-refractivity contribution is 0.341. The van der Waals surface area contributed by atoms with Crippen LogP contribution in [0.25, 0.3) is 10.2 Å². The van der Waals surface area contributed by atoms with Gasteiger partial charge in [-0.25, -0.2) is 4.98 Å². The molecule has 0 bridgehead atoms. The highest BCUT2D eigenvalue weighted by Crippen LogP contribution is 2.29. The Bertz CT molecular complexity index is 495. The average Bonchev–Trinajstić information content (AvgIpc) is 2.70. The summed E-state index contributed by atoms with van der Waals surface area (Å²) in [4.78, 5) is 4.55. The normalized spacial score (nSPS) is 12.6. The minimum atomic E-state index is 0.460. The van der Waals surface area contributed by atoms with Crippen molar-refractivity contribution in [3.63, 3.8) is 0 Å². The van der Waals surface area contributed by atoms with E-state index in [0.29, 0.717) is 12.6 Å². The average molecular weight is 250 g/mol. The summed E-state index contributed by atoms with van der Waals surface area (Å²) in [7, 11) is 0. The van der Waals surface area contributed by atoms with Gasteiger partial charge in [-0.3, -0.25) is 0 Å². The lowest BCUT2D eigenvalue weighted by atomic mass is 10.3. The topological polar surface area (TPSA) is 34.1 Å². The van der Waals surface area contributed by atoms with Crippen LogP contribution < -0.4 is 10.1 Å². The molecule has 2 rings (SSSR count). The van der Waals surface area contributed by atoms with Gasteiger partial charge >= 0.3 is 0 Å². The molecule has 1 aromatic carbocycles. The monoisotopic (exact) mass is 250 g/mol. The number of aromatic nitrogens is 1. The van der Waals surface area contributed by atoms with E-state index in [1.165, 1.54) is 4.70 Å². The molecule has 0 saturated heterocycles. The molecule has 1 atom stereocenters. The molecule has 2 aromatic rings. The number of nitrogens with one attached hydrogen (secondary N) is 1. The quantitative estimate of drug-likeness (QED) is 0.873. The minimum absolute atomic E-state index is 0.460. The molecule has 0 aliphatic carbocycles. The molecule has 0 spiro atoms. The largest absolute Gasteiger partial charge is 0.494 e. The predicted molar refractivity (Wildman–Crippen MR) is 74.2 cm³/mol. The molecule has 4 heteroatoms. The Morgan fingerprint density at radius 1 is 1.41 bits per heavy atom. The highest BCUT2D eigenvalue weighted by atomic mass is 32.1. The molecule has 1 aromatic heterocycles. The van der Waals surface area contributed by atoms with Crippen molar-refractivity contribution in [3.05, 3.63) is 18.2 Å². The molecule has 1 N–H and O–H groups in total. The lowest BCUT2D eigenvalue weighted by Gasteiger charge is -2.08. The van der Waals surface area contributed by atoms with E-state index in [2.05, 4.69) is 30.2 Å². The molecule has 0 fully saturated rings. The summed E-state index contributed by atoms with van der Waals surface area (Å²) in [6, 6.07) is 6.50. The van der Waals surface area contributed by atoms with Crippen molar-refractivity contribution in [3.8, 4) is 5.75 Å². The minimum Gasteiger partial charge on any atom is -0.494 e. The highest BCUT2D eigenvalue weighted by molar-refractivity contribution is 7.22. The van der Waals surface area contributed by atoms with E-state index in [0.717, 1.165) is 22.8 Å². The van der Waals surface area contributed by atoms with Crippen molar-refractivity contribution in [2.45, 2.75) is 33.2 Å². The van der Waals surface area contributed by atoms with E-state index in [9.17, 15) is 0 Å². The van der Waals surface area contributed by atoms with E-state index < -0.39 is 0 Å². The summed E-state index contributed by atoms with van der Waals surface area (Å²) in [6.45, 7) is 7.02. The first-order valence-corrected chi connectivity index (χ1v) is 6.84. The summed E-state index contributed by atoms with van der Waals surface area (Å²) < 4.78 is 6.65. The smallest absolute Gasteiger partial charge is 0.184 e. The van der Waals surface area contributed by atoms with Crippen LogP contribution in [0.3, 0.4) is 0 Å². The predicted octanol–water partition coefficient (Wildman–Crippen LogP) is 3.91. The van der Waals surface area contributed by atoms with Gasteiger partial charge in [-0.15, -0.1) is 0 Å². The summed E-state index contributed by atoms with van der Waals surface area (Å²) in [5.74, 6) is 0.915.